The van der Waals surface area contributed by atoms with Crippen molar-refractivity contribution in [2.24, 2.45) is 0 Å². The molecule has 1 heterocycles. The molecular formula is C26H30SSe. The van der Waals surface area contributed by atoms with Gasteiger partial charge in [-0.2, -0.15) is 0 Å². The molecule has 0 bridgehead atoms. The molecule has 0 N–H and O–H groups in total. The number of rotatable bonds is 8. The summed E-state index contributed by atoms with van der Waals surface area (Å²) in [6.45, 7) is 10.8. The van der Waals surface area contributed by atoms with E-state index >= 15 is 0 Å². The van der Waals surface area contributed by atoms with Crippen molar-refractivity contribution in [2.45, 2.75) is 43.2 Å². The second-order valence-corrected chi connectivity index (χ2v) is 10.6. The van der Waals surface area contributed by atoms with E-state index in [1.165, 1.54) is 38.7 Å². The monoisotopic (exact) mass is 454 g/mol. The Kier molecular flexibility index (Phi) is 7.46. The third kappa shape index (κ3) is 5.54. The van der Waals surface area contributed by atoms with Gasteiger partial charge >= 0.3 is 183 Å². The van der Waals surface area contributed by atoms with Crippen LogP contribution in [0.2, 0.25) is 5.32 Å². The third-order valence-electron chi connectivity index (χ3n) is 5.25. The predicted molar refractivity (Wildman–Crippen MR) is 129 cm³/mol. The van der Waals surface area contributed by atoms with Gasteiger partial charge in [0.05, 0.1) is 0 Å². The van der Waals surface area contributed by atoms with Gasteiger partial charge in [-0.1, -0.05) is 0 Å². The Morgan fingerprint density at radius 2 is 1.96 bits per heavy atom. The van der Waals surface area contributed by atoms with Gasteiger partial charge in [-0.25, -0.2) is 0 Å². The summed E-state index contributed by atoms with van der Waals surface area (Å²) in [7, 11) is 0. The Morgan fingerprint density at radius 3 is 2.57 bits per heavy atom. The summed E-state index contributed by atoms with van der Waals surface area (Å²) >= 11 is 5.27. The molecule has 1 aliphatic rings. The van der Waals surface area contributed by atoms with Crippen LogP contribution in [0.5, 0.6) is 0 Å². The molecule has 0 saturated carbocycles. The molecule has 0 aliphatic carbocycles. The van der Waals surface area contributed by atoms with Crippen LogP contribution in [0.15, 0.2) is 72.8 Å². The molecule has 0 amide bonds. The van der Waals surface area contributed by atoms with Crippen molar-refractivity contribution in [3.63, 3.8) is 0 Å². The van der Waals surface area contributed by atoms with E-state index in [0.717, 1.165) is 31.8 Å². The molecule has 0 spiro atoms. The molecule has 0 aromatic heterocycles. The molecule has 146 valence electrons. The van der Waals surface area contributed by atoms with Gasteiger partial charge in [0.15, 0.2) is 0 Å². The first-order valence-corrected chi connectivity index (χ1v) is 12.8. The summed E-state index contributed by atoms with van der Waals surface area (Å²) in [6.07, 6.45) is 7.43. The summed E-state index contributed by atoms with van der Waals surface area (Å²) < 4.78 is 0. The fourth-order valence-electron chi connectivity index (χ4n) is 3.43. The summed E-state index contributed by atoms with van der Waals surface area (Å²) in [5, 5.41) is 1.38. The van der Waals surface area contributed by atoms with Crippen molar-refractivity contribution in [3.05, 3.63) is 101 Å². The Hall–Kier alpha value is -1.47. The van der Waals surface area contributed by atoms with Crippen molar-refractivity contribution in [1.82, 2.24) is 0 Å². The zero-order chi connectivity index (χ0) is 20.1. The maximum absolute atomic E-state index is 4.49. The fourth-order valence-corrected chi connectivity index (χ4v) is 4.90. The van der Waals surface area contributed by atoms with E-state index in [2.05, 4.69) is 101 Å². The average molecular weight is 454 g/mol. The molecule has 28 heavy (non-hydrogen) atoms. The van der Waals surface area contributed by atoms with Gasteiger partial charge in [0.25, 0.3) is 0 Å². The molecule has 2 heteroatoms. The fraction of sp³-hybridized carbons (Fsp3) is 0.308. The second-order valence-electron chi connectivity index (χ2n) is 7.67. The maximum atomic E-state index is 4.49. The van der Waals surface area contributed by atoms with Crippen LogP contribution >= 0.6 is 12.6 Å². The van der Waals surface area contributed by atoms with E-state index in [1.807, 2.05) is 0 Å². The standard InChI is InChI=1S/C26H30SSe/c1-5-6-7-25(20(4)16-27)23-13-22(14-24(15-23)26-17-28-26)19(3)12-21-10-8-18(2)9-11-21/h5-11,13-15,19,26-27H,4,12,16-17H2,1-3H3/b6-5-,25-7+. The zero-order valence-corrected chi connectivity index (χ0v) is 19.7. The molecular weight excluding hydrogens is 423 g/mol. The van der Waals surface area contributed by atoms with Gasteiger partial charge < -0.3 is 0 Å². The van der Waals surface area contributed by atoms with Crippen LogP contribution in [0.1, 0.15) is 52.4 Å². The van der Waals surface area contributed by atoms with Crippen molar-refractivity contribution in [1.29, 1.82) is 0 Å². The van der Waals surface area contributed by atoms with Gasteiger partial charge in [-0.3, -0.25) is 0 Å². The van der Waals surface area contributed by atoms with Gasteiger partial charge in [0.1, 0.15) is 0 Å². The zero-order valence-electron chi connectivity index (χ0n) is 17.1. The number of aryl methyl sites for hydroxylation is 1. The quantitative estimate of drug-likeness (QED) is 0.249. The van der Waals surface area contributed by atoms with Crippen LogP contribution in [0.25, 0.3) is 5.57 Å². The molecule has 2 aromatic rings. The minimum absolute atomic E-state index is 0.486. The topological polar surface area (TPSA) is 0 Å². The third-order valence-corrected chi connectivity index (χ3v) is 7.60. The van der Waals surface area contributed by atoms with Crippen LogP contribution < -0.4 is 0 Å². The molecule has 3 rings (SSSR count). The van der Waals surface area contributed by atoms with Crippen molar-refractivity contribution in [3.8, 4) is 0 Å². The van der Waals surface area contributed by atoms with Crippen molar-refractivity contribution < 1.29 is 0 Å². The first-order chi connectivity index (χ1) is 13.5. The number of allylic oxidation sites excluding steroid dienone is 4. The van der Waals surface area contributed by atoms with E-state index in [0.29, 0.717) is 11.7 Å². The number of hydrogen-bond acceptors (Lipinski definition) is 1. The first kappa shape index (κ1) is 21.2. The molecule has 1 saturated heterocycles. The molecule has 2 unspecified atom stereocenters. The average Bonchev–Trinajstić information content (AvgIpc) is 3.55. The Labute approximate surface area is 182 Å². The first-order valence-electron chi connectivity index (χ1n) is 9.96. The van der Waals surface area contributed by atoms with Gasteiger partial charge in [0, 0.05) is 0 Å². The Balaban J connectivity index is 1.96. The number of benzene rings is 2. The van der Waals surface area contributed by atoms with Crippen LogP contribution in [0.3, 0.4) is 0 Å². The van der Waals surface area contributed by atoms with Crippen LogP contribution in [-0.4, -0.2) is 20.7 Å². The summed E-state index contributed by atoms with van der Waals surface area (Å²) in [5.74, 6) is 1.16. The molecule has 2 atom stereocenters. The normalized spacial score (nSPS) is 17.7. The molecule has 2 aromatic carbocycles. The van der Waals surface area contributed by atoms with E-state index in [-0.39, 0.29) is 0 Å². The van der Waals surface area contributed by atoms with Crippen LogP contribution in [0, 0.1) is 6.92 Å². The van der Waals surface area contributed by atoms with E-state index < -0.39 is 0 Å². The van der Waals surface area contributed by atoms with Gasteiger partial charge in [-0.15, -0.1) is 0 Å². The molecule has 1 aliphatic heterocycles. The summed E-state index contributed by atoms with van der Waals surface area (Å²) in [6, 6.07) is 16.2. The van der Waals surface area contributed by atoms with Gasteiger partial charge in [-0.05, 0) is 0 Å². The summed E-state index contributed by atoms with van der Waals surface area (Å²) in [5.41, 5.74) is 9.27. The SMILES string of the molecule is C=C(CS)/C(=C\C=C/C)c1cc(C(C)Cc2ccc(C)cc2)cc(C2C[Se]2)c1. The minimum atomic E-state index is 0.486. The van der Waals surface area contributed by atoms with Gasteiger partial charge in [0.2, 0.25) is 0 Å². The van der Waals surface area contributed by atoms with Crippen LogP contribution in [0.4, 0.5) is 0 Å². The molecule has 1 fully saturated rings. The van der Waals surface area contributed by atoms with Crippen molar-refractivity contribution >= 4 is 33.2 Å². The van der Waals surface area contributed by atoms with Crippen molar-refractivity contribution in [2.75, 3.05) is 5.75 Å². The molecule has 0 radical (unpaired) electrons. The summed E-state index contributed by atoms with van der Waals surface area (Å²) in [4.78, 5) is 0.796. The van der Waals surface area contributed by atoms with E-state index in [1.54, 1.807) is 0 Å². The second kappa shape index (κ2) is 9.83. The van der Waals surface area contributed by atoms with E-state index in [4.69, 9.17) is 0 Å². The van der Waals surface area contributed by atoms with E-state index in [9.17, 15) is 0 Å². The Morgan fingerprint density at radius 1 is 1.25 bits per heavy atom. The molecule has 0 nitrogen and oxygen atoms in total. The van der Waals surface area contributed by atoms with Crippen LogP contribution in [-0.2, 0) is 6.42 Å². The predicted octanol–water partition coefficient (Wildman–Crippen LogP) is 6.96. The number of thiol groups is 1. The number of hydrogen-bond donors (Lipinski definition) is 1. The Bertz CT molecular complexity index is 885.